The fourth-order valence-corrected chi connectivity index (χ4v) is 1.99. The average Bonchev–Trinajstić information content (AvgIpc) is 2.93. The van der Waals surface area contributed by atoms with Crippen molar-refractivity contribution < 1.29 is 19.1 Å². The molecule has 2 aromatic rings. The highest BCUT2D eigenvalue weighted by atomic mass is 32.1. The van der Waals surface area contributed by atoms with E-state index in [0.717, 1.165) is 0 Å². The SMILES string of the molecule is COc1cc(C=O)ccc1OC(=O)c1cccs1. The zero-order valence-corrected chi connectivity index (χ0v) is 10.4. The molecule has 1 heterocycles. The highest BCUT2D eigenvalue weighted by molar-refractivity contribution is 7.12. The van der Waals surface area contributed by atoms with Gasteiger partial charge in [-0.25, -0.2) is 4.79 Å². The minimum absolute atomic E-state index is 0.293. The Hall–Kier alpha value is -2.14. The smallest absolute Gasteiger partial charge is 0.353 e. The molecule has 0 atom stereocenters. The zero-order chi connectivity index (χ0) is 13.0. The summed E-state index contributed by atoms with van der Waals surface area (Å²) in [4.78, 5) is 22.9. The number of carbonyl (C=O) groups is 2. The number of thiophene rings is 1. The second-order valence-electron chi connectivity index (χ2n) is 3.39. The molecule has 0 amide bonds. The number of carbonyl (C=O) groups excluding carboxylic acids is 2. The molecule has 18 heavy (non-hydrogen) atoms. The molecule has 0 aliphatic carbocycles. The minimum Gasteiger partial charge on any atom is -0.493 e. The molecule has 0 N–H and O–H groups in total. The summed E-state index contributed by atoms with van der Waals surface area (Å²) in [7, 11) is 1.45. The Kier molecular flexibility index (Phi) is 3.74. The number of hydrogen-bond donors (Lipinski definition) is 0. The maximum Gasteiger partial charge on any atom is 0.353 e. The molecule has 0 saturated heterocycles. The number of esters is 1. The van der Waals surface area contributed by atoms with E-state index in [0.29, 0.717) is 28.2 Å². The molecule has 92 valence electrons. The van der Waals surface area contributed by atoms with Gasteiger partial charge in [-0.3, -0.25) is 4.79 Å². The fraction of sp³-hybridized carbons (Fsp3) is 0.0769. The van der Waals surface area contributed by atoms with Gasteiger partial charge in [0.2, 0.25) is 0 Å². The van der Waals surface area contributed by atoms with Gasteiger partial charge in [-0.15, -0.1) is 11.3 Å². The lowest BCUT2D eigenvalue weighted by atomic mass is 10.2. The zero-order valence-electron chi connectivity index (χ0n) is 9.58. The molecule has 0 spiro atoms. The summed E-state index contributed by atoms with van der Waals surface area (Å²) in [5.41, 5.74) is 0.461. The van der Waals surface area contributed by atoms with Crippen LogP contribution in [-0.4, -0.2) is 19.4 Å². The van der Waals surface area contributed by atoms with Crippen molar-refractivity contribution in [1.82, 2.24) is 0 Å². The van der Waals surface area contributed by atoms with E-state index in [9.17, 15) is 9.59 Å². The molecule has 1 aromatic carbocycles. The van der Waals surface area contributed by atoms with E-state index >= 15 is 0 Å². The first-order valence-corrected chi connectivity index (χ1v) is 6.01. The molecule has 0 radical (unpaired) electrons. The molecule has 4 nitrogen and oxygen atoms in total. The van der Waals surface area contributed by atoms with Crippen LogP contribution in [0.2, 0.25) is 0 Å². The maximum atomic E-state index is 11.8. The third kappa shape index (κ3) is 2.57. The highest BCUT2D eigenvalue weighted by Gasteiger charge is 2.13. The number of benzene rings is 1. The summed E-state index contributed by atoms with van der Waals surface area (Å²) in [6, 6.07) is 8.07. The summed E-state index contributed by atoms with van der Waals surface area (Å²) in [5.74, 6) is 0.202. The van der Waals surface area contributed by atoms with Crippen LogP contribution >= 0.6 is 11.3 Å². The number of methoxy groups -OCH3 is 1. The summed E-state index contributed by atoms with van der Waals surface area (Å²) in [6.45, 7) is 0. The molecule has 0 saturated carbocycles. The van der Waals surface area contributed by atoms with Gasteiger partial charge in [-0.1, -0.05) is 6.07 Å². The number of aldehydes is 1. The molecule has 0 aliphatic heterocycles. The van der Waals surface area contributed by atoms with E-state index in [1.807, 2.05) is 0 Å². The Bertz CT molecular complexity index is 560. The molecule has 1 aromatic heterocycles. The van der Waals surface area contributed by atoms with Crippen LogP contribution in [0.3, 0.4) is 0 Å². The van der Waals surface area contributed by atoms with Crippen LogP contribution in [0, 0.1) is 0 Å². The Balaban J connectivity index is 2.23. The number of ether oxygens (including phenoxy) is 2. The van der Waals surface area contributed by atoms with Crippen molar-refractivity contribution in [3.05, 3.63) is 46.2 Å². The Morgan fingerprint density at radius 2 is 2.11 bits per heavy atom. The van der Waals surface area contributed by atoms with Crippen molar-refractivity contribution in [3.63, 3.8) is 0 Å². The van der Waals surface area contributed by atoms with Gasteiger partial charge in [-0.2, -0.15) is 0 Å². The van der Waals surface area contributed by atoms with Crippen LogP contribution in [0.15, 0.2) is 35.7 Å². The largest absolute Gasteiger partial charge is 0.493 e. The van der Waals surface area contributed by atoms with Crippen LogP contribution in [-0.2, 0) is 0 Å². The monoisotopic (exact) mass is 262 g/mol. The lowest BCUT2D eigenvalue weighted by molar-refractivity contribution is 0.0735. The van der Waals surface area contributed by atoms with Gasteiger partial charge in [0.05, 0.1) is 7.11 Å². The second-order valence-corrected chi connectivity index (χ2v) is 4.34. The van der Waals surface area contributed by atoms with Crippen LogP contribution in [0.1, 0.15) is 20.0 Å². The first-order chi connectivity index (χ1) is 8.74. The van der Waals surface area contributed by atoms with E-state index in [1.54, 1.807) is 23.6 Å². The quantitative estimate of drug-likeness (QED) is 0.483. The van der Waals surface area contributed by atoms with E-state index < -0.39 is 5.97 Å². The molecule has 0 fully saturated rings. The predicted molar refractivity (Wildman–Crippen MR) is 67.7 cm³/mol. The fourth-order valence-electron chi connectivity index (χ4n) is 1.39. The van der Waals surface area contributed by atoms with Gasteiger partial charge in [0.15, 0.2) is 11.5 Å². The van der Waals surface area contributed by atoms with Crippen molar-refractivity contribution in [2.24, 2.45) is 0 Å². The molecular weight excluding hydrogens is 252 g/mol. The molecule has 0 aliphatic rings. The Labute approximate surface area is 108 Å². The topological polar surface area (TPSA) is 52.6 Å². The van der Waals surface area contributed by atoms with Crippen LogP contribution in [0.25, 0.3) is 0 Å². The lowest BCUT2D eigenvalue weighted by Gasteiger charge is -2.08. The van der Waals surface area contributed by atoms with Crippen LogP contribution < -0.4 is 9.47 Å². The molecule has 0 bridgehead atoms. The summed E-state index contributed by atoms with van der Waals surface area (Å²) in [6.07, 6.45) is 0.702. The molecule has 0 unspecified atom stereocenters. The molecule has 2 rings (SSSR count). The van der Waals surface area contributed by atoms with Crippen LogP contribution in [0.4, 0.5) is 0 Å². The van der Waals surface area contributed by atoms with Crippen molar-refractivity contribution in [1.29, 1.82) is 0 Å². The van der Waals surface area contributed by atoms with E-state index in [1.165, 1.54) is 30.6 Å². The van der Waals surface area contributed by atoms with Gasteiger partial charge >= 0.3 is 5.97 Å². The van der Waals surface area contributed by atoms with Crippen molar-refractivity contribution in [2.45, 2.75) is 0 Å². The second kappa shape index (κ2) is 5.46. The summed E-state index contributed by atoms with van der Waals surface area (Å²) in [5, 5.41) is 1.79. The summed E-state index contributed by atoms with van der Waals surface area (Å²) >= 11 is 1.30. The van der Waals surface area contributed by atoms with Crippen molar-refractivity contribution in [2.75, 3.05) is 7.11 Å². The number of rotatable bonds is 4. The van der Waals surface area contributed by atoms with Crippen molar-refractivity contribution in [3.8, 4) is 11.5 Å². The normalized spacial score (nSPS) is 9.83. The van der Waals surface area contributed by atoms with Crippen LogP contribution in [0.5, 0.6) is 11.5 Å². The first kappa shape index (κ1) is 12.3. The average molecular weight is 262 g/mol. The van der Waals surface area contributed by atoms with E-state index in [2.05, 4.69) is 0 Å². The molecule has 5 heteroatoms. The third-order valence-corrected chi connectivity index (χ3v) is 3.10. The standard InChI is InChI=1S/C13H10O4S/c1-16-11-7-9(8-14)4-5-10(11)17-13(15)12-3-2-6-18-12/h2-8H,1H3. The van der Waals surface area contributed by atoms with Gasteiger partial charge < -0.3 is 9.47 Å². The first-order valence-electron chi connectivity index (χ1n) is 5.13. The maximum absolute atomic E-state index is 11.8. The number of hydrogen-bond acceptors (Lipinski definition) is 5. The third-order valence-electron chi connectivity index (χ3n) is 2.25. The van der Waals surface area contributed by atoms with Gasteiger partial charge in [-0.05, 0) is 29.6 Å². The lowest BCUT2D eigenvalue weighted by Crippen LogP contribution is -2.07. The summed E-state index contributed by atoms with van der Waals surface area (Å²) < 4.78 is 10.3. The Morgan fingerprint density at radius 3 is 2.72 bits per heavy atom. The van der Waals surface area contributed by atoms with Gasteiger partial charge in [0, 0.05) is 5.56 Å². The van der Waals surface area contributed by atoms with Crippen molar-refractivity contribution >= 4 is 23.6 Å². The molecular formula is C13H10O4S. The van der Waals surface area contributed by atoms with Gasteiger partial charge in [0.25, 0.3) is 0 Å². The van der Waals surface area contributed by atoms with E-state index in [-0.39, 0.29) is 0 Å². The Morgan fingerprint density at radius 1 is 1.28 bits per heavy atom. The van der Waals surface area contributed by atoms with Gasteiger partial charge in [0.1, 0.15) is 11.2 Å². The highest BCUT2D eigenvalue weighted by Crippen LogP contribution is 2.28. The minimum atomic E-state index is -0.442. The predicted octanol–water partition coefficient (Wildman–Crippen LogP) is 2.79. The van der Waals surface area contributed by atoms with E-state index in [4.69, 9.17) is 9.47 Å².